The lowest BCUT2D eigenvalue weighted by molar-refractivity contribution is -0.385. The van der Waals surface area contributed by atoms with E-state index >= 15 is 0 Å². The number of benzene rings is 1. The van der Waals surface area contributed by atoms with Gasteiger partial charge in [0.15, 0.2) is 0 Å². The predicted molar refractivity (Wildman–Crippen MR) is 76.4 cm³/mol. The van der Waals surface area contributed by atoms with Crippen molar-refractivity contribution in [3.8, 4) is 0 Å². The summed E-state index contributed by atoms with van der Waals surface area (Å²) in [6.07, 6.45) is 1.17. The average Bonchev–Trinajstić information content (AvgIpc) is 2.30. The molecule has 1 atom stereocenters. The van der Waals surface area contributed by atoms with Gasteiger partial charge < -0.3 is 0 Å². The molecule has 0 radical (unpaired) electrons. The third kappa shape index (κ3) is 4.68. The van der Waals surface area contributed by atoms with Crippen LogP contribution in [0.3, 0.4) is 0 Å². The van der Waals surface area contributed by atoms with Gasteiger partial charge in [-0.3, -0.25) is 10.1 Å². The molecular weight excluding hydrogens is 302 g/mol. The predicted octanol–water partition coefficient (Wildman–Crippen LogP) is 4.64. The number of hydrogen-bond donors (Lipinski definition) is 0. The maximum absolute atomic E-state index is 10.8. The van der Waals surface area contributed by atoms with E-state index in [4.69, 9.17) is 0 Å². The van der Waals surface area contributed by atoms with Crippen LogP contribution in [0.2, 0.25) is 0 Å². The minimum absolute atomic E-state index is 0.145. The van der Waals surface area contributed by atoms with Gasteiger partial charge in [-0.05, 0) is 39.2 Å². The number of thioether (sulfide) groups is 1. The van der Waals surface area contributed by atoms with Crippen molar-refractivity contribution in [2.24, 2.45) is 5.92 Å². The highest BCUT2D eigenvalue weighted by Gasteiger charge is 2.12. The number of nitro benzene ring substituents is 1. The summed E-state index contributed by atoms with van der Waals surface area (Å²) in [5, 5.41) is 10.8. The van der Waals surface area contributed by atoms with Crippen molar-refractivity contribution in [2.45, 2.75) is 26.0 Å². The topological polar surface area (TPSA) is 43.1 Å². The maximum atomic E-state index is 10.8. The van der Waals surface area contributed by atoms with Gasteiger partial charge in [0.05, 0.1) is 9.40 Å². The summed E-state index contributed by atoms with van der Waals surface area (Å²) in [5.41, 5.74) is 1.15. The zero-order valence-corrected chi connectivity index (χ0v) is 12.4. The highest BCUT2D eigenvalue weighted by molar-refractivity contribution is 9.10. The SMILES string of the molecule is CCC(C)CSCc1ccc(Br)c([N+](=O)[O-])c1. The molecule has 1 aromatic rings. The molecular formula is C12H16BrNO2S. The van der Waals surface area contributed by atoms with Crippen LogP contribution in [-0.4, -0.2) is 10.7 Å². The van der Waals surface area contributed by atoms with Crippen LogP contribution in [0.5, 0.6) is 0 Å². The fourth-order valence-corrected chi connectivity index (χ4v) is 2.85. The molecule has 0 aliphatic carbocycles. The second-order valence-electron chi connectivity index (χ2n) is 4.07. The number of halogens is 1. The highest BCUT2D eigenvalue weighted by atomic mass is 79.9. The van der Waals surface area contributed by atoms with Gasteiger partial charge >= 0.3 is 0 Å². The molecule has 1 unspecified atom stereocenters. The Hall–Kier alpha value is -0.550. The van der Waals surface area contributed by atoms with E-state index in [1.54, 1.807) is 12.1 Å². The summed E-state index contributed by atoms with van der Waals surface area (Å²) in [6.45, 7) is 4.40. The Morgan fingerprint density at radius 1 is 1.53 bits per heavy atom. The summed E-state index contributed by atoms with van der Waals surface area (Å²) in [4.78, 5) is 10.4. The lowest BCUT2D eigenvalue weighted by atomic mass is 10.2. The number of hydrogen-bond acceptors (Lipinski definition) is 3. The molecule has 0 N–H and O–H groups in total. The molecule has 0 aliphatic heterocycles. The van der Waals surface area contributed by atoms with Gasteiger partial charge in [0.1, 0.15) is 0 Å². The van der Waals surface area contributed by atoms with Gasteiger partial charge in [0.25, 0.3) is 5.69 Å². The molecule has 17 heavy (non-hydrogen) atoms. The first-order chi connectivity index (χ1) is 8.04. The molecule has 0 aliphatic rings. The number of rotatable bonds is 6. The highest BCUT2D eigenvalue weighted by Crippen LogP contribution is 2.27. The summed E-state index contributed by atoms with van der Waals surface area (Å²) >= 11 is 5.01. The van der Waals surface area contributed by atoms with E-state index in [2.05, 4.69) is 29.8 Å². The largest absolute Gasteiger partial charge is 0.283 e. The molecule has 0 spiro atoms. The third-order valence-electron chi connectivity index (χ3n) is 2.58. The van der Waals surface area contributed by atoms with Crippen LogP contribution in [-0.2, 0) is 5.75 Å². The number of nitrogens with zero attached hydrogens (tertiary/aromatic N) is 1. The Morgan fingerprint density at radius 2 is 2.24 bits per heavy atom. The molecule has 0 aromatic heterocycles. The Balaban J connectivity index is 2.60. The van der Waals surface area contributed by atoms with Crippen LogP contribution in [0.4, 0.5) is 5.69 Å². The van der Waals surface area contributed by atoms with Gasteiger partial charge in [-0.15, -0.1) is 0 Å². The molecule has 0 bridgehead atoms. The Morgan fingerprint density at radius 3 is 2.82 bits per heavy atom. The first kappa shape index (κ1) is 14.5. The molecule has 0 saturated carbocycles. The van der Waals surface area contributed by atoms with Crippen LogP contribution >= 0.6 is 27.7 Å². The lowest BCUT2D eigenvalue weighted by Crippen LogP contribution is -1.96. The summed E-state index contributed by atoms with van der Waals surface area (Å²) in [7, 11) is 0. The molecule has 0 saturated heterocycles. The van der Waals surface area contributed by atoms with Crippen LogP contribution in [0.15, 0.2) is 22.7 Å². The van der Waals surface area contributed by atoms with Gasteiger partial charge in [-0.1, -0.05) is 26.3 Å². The van der Waals surface area contributed by atoms with E-state index in [0.717, 1.165) is 17.1 Å². The average molecular weight is 318 g/mol. The zero-order chi connectivity index (χ0) is 12.8. The van der Waals surface area contributed by atoms with E-state index in [1.165, 1.54) is 6.42 Å². The van der Waals surface area contributed by atoms with Crippen LogP contribution in [0, 0.1) is 16.0 Å². The second kappa shape index (κ2) is 7.01. The molecule has 3 nitrogen and oxygen atoms in total. The Kier molecular flexibility index (Phi) is 5.98. The fraction of sp³-hybridized carbons (Fsp3) is 0.500. The first-order valence-corrected chi connectivity index (χ1v) is 7.50. The Labute approximate surface area is 114 Å². The summed E-state index contributed by atoms with van der Waals surface area (Å²) in [6, 6.07) is 5.33. The van der Waals surface area contributed by atoms with Crippen LogP contribution in [0.1, 0.15) is 25.8 Å². The van der Waals surface area contributed by atoms with Crippen molar-refractivity contribution in [2.75, 3.05) is 5.75 Å². The lowest BCUT2D eigenvalue weighted by Gasteiger charge is -2.07. The van der Waals surface area contributed by atoms with E-state index < -0.39 is 0 Å². The fourth-order valence-electron chi connectivity index (χ4n) is 1.28. The summed E-state index contributed by atoms with van der Waals surface area (Å²) < 4.78 is 0.540. The van der Waals surface area contributed by atoms with E-state index in [0.29, 0.717) is 10.4 Å². The van der Waals surface area contributed by atoms with Crippen molar-refractivity contribution >= 4 is 33.4 Å². The molecule has 1 aromatic carbocycles. The summed E-state index contributed by atoms with van der Waals surface area (Å²) in [5.74, 6) is 2.63. The van der Waals surface area contributed by atoms with Crippen molar-refractivity contribution in [3.63, 3.8) is 0 Å². The Bertz CT molecular complexity index is 398. The molecule has 0 amide bonds. The van der Waals surface area contributed by atoms with Crippen molar-refractivity contribution < 1.29 is 4.92 Å². The minimum Gasteiger partial charge on any atom is -0.258 e. The molecule has 0 heterocycles. The van der Waals surface area contributed by atoms with E-state index in [9.17, 15) is 10.1 Å². The monoisotopic (exact) mass is 317 g/mol. The minimum atomic E-state index is -0.354. The molecule has 1 rings (SSSR count). The van der Waals surface area contributed by atoms with Gasteiger partial charge in [0.2, 0.25) is 0 Å². The maximum Gasteiger partial charge on any atom is 0.283 e. The van der Waals surface area contributed by atoms with Crippen LogP contribution in [0.25, 0.3) is 0 Å². The first-order valence-electron chi connectivity index (χ1n) is 5.55. The van der Waals surface area contributed by atoms with Crippen molar-refractivity contribution in [1.82, 2.24) is 0 Å². The molecule has 94 valence electrons. The zero-order valence-electron chi connectivity index (χ0n) is 9.98. The standard InChI is InChI=1S/C12H16BrNO2S/c1-3-9(2)7-17-8-10-4-5-11(13)12(6-10)14(15)16/h4-6,9H,3,7-8H2,1-2H3. The van der Waals surface area contributed by atoms with Crippen molar-refractivity contribution in [3.05, 3.63) is 38.3 Å². The quantitative estimate of drug-likeness (QED) is 0.567. The van der Waals surface area contributed by atoms with E-state index in [-0.39, 0.29) is 10.6 Å². The number of nitro groups is 1. The second-order valence-corrected chi connectivity index (χ2v) is 5.96. The van der Waals surface area contributed by atoms with Crippen LogP contribution < -0.4 is 0 Å². The molecule has 0 fully saturated rings. The van der Waals surface area contributed by atoms with Gasteiger partial charge in [-0.2, -0.15) is 11.8 Å². The van der Waals surface area contributed by atoms with E-state index in [1.807, 2.05) is 17.8 Å². The third-order valence-corrected chi connectivity index (χ3v) is 4.59. The molecule has 5 heteroatoms. The van der Waals surface area contributed by atoms with Gasteiger partial charge in [-0.25, -0.2) is 0 Å². The normalized spacial score (nSPS) is 12.4. The van der Waals surface area contributed by atoms with Crippen molar-refractivity contribution in [1.29, 1.82) is 0 Å². The smallest absolute Gasteiger partial charge is 0.258 e. The van der Waals surface area contributed by atoms with Gasteiger partial charge in [0, 0.05) is 11.8 Å².